The summed E-state index contributed by atoms with van der Waals surface area (Å²) < 4.78 is 2.02. The zero-order valence-corrected chi connectivity index (χ0v) is 18.8. The summed E-state index contributed by atoms with van der Waals surface area (Å²) in [4.78, 5) is 19.6. The number of aliphatic hydroxyl groups is 1. The van der Waals surface area contributed by atoms with E-state index in [4.69, 9.17) is 0 Å². The third kappa shape index (κ3) is 3.45. The van der Waals surface area contributed by atoms with E-state index in [0.29, 0.717) is 17.9 Å². The molecular weight excluding hydrogens is 430 g/mol. The van der Waals surface area contributed by atoms with Crippen LogP contribution in [0.2, 0.25) is 0 Å². The minimum atomic E-state index is -0.205. The fourth-order valence-electron chi connectivity index (χ4n) is 4.96. The van der Waals surface area contributed by atoms with Gasteiger partial charge in [-0.2, -0.15) is 10.2 Å². The van der Waals surface area contributed by atoms with Crippen molar-refractivity contribution in [2.45, 2.75) is 25.5 Å². The Kier molecular flexibility index (Phi) is 4.91. The van der Waals surface area contributed by atoms with E-state index in [1.807, 2.05) is 42.1 Å². The molecular formula is C25H25N7O2. The molecule has 9 heteroatoms. The van der Waals surface area contributed by atoms with E-state index in [-0.39, 0.29) is 12.0 Å². The number of aliphatic hydroxyl groups excluding tert-OH is 1. The van der Waals surface area contributed by atoms with Gasteiger partial charge in [-0.05, 0) is 42.2 Å². The van der Waals surface area contributed by atoms with Crippen LogP contribution in [0.4, 0.5) is 17.2 Å². The highest BCUT2D eigenvalue weighted by molar-refractivity contribution is 6.07. The molecule has 0 radical (unpaired) electrons. The fraction of sp³-hybridized carbons (Fsp3) is 0.280. The predicted molar refractivity (Wildman–Crippen MR) is 130 cm³/mol. The molecule has 0 saturated carbocycles. The molecule has 172 valence electrons. The minimum absolute atomic E-state index is 0.0946. The number of aryl methyl sites for hydroxylation is 1. The Bertz CT molecular complexity index is 1390. The molecule has 5 heterocycles. The molecule has 1 aromatic carbocycles. The normalized spacial score (nSPS) is 16.1. The number of hydrogen-bond acceptors (Lipinski definition) is 7. The van der Waals surface area contributed by atoms with Gasteiger partial charge in [-0.15, -0.1) is 0 Å². The Hall–Kier alpha value is -3.98. The topological polar surface area (TPSA) is 108 Å². The van der Waals surface area contributed by atoms with Crippen molar-refractivity contribution in [2.75, 3.05) is 23.3 Å². The highest BCUT2D eigenvalue weighted by atomic mass is 16.3. The van der Waals surface area contributed by atoms with Gasteiger partial charge < -0.3 is 25.2 Å². The molecule has 0 unspecified atom stereocenters. The van der Waals surface area contributed by atoms with Crippen molar-refractivity contribution in [1.29, 1.82) is 0 Å². The van der Waals surface area contributed by atoms with Gasteiger partial charge in [-0.1, -0.05) is 6.07 Å². The zero-order chi connectivity index (χ0) is 23.2. The fourth-order valence-corrected chi connectivity index (χ4v) is 4.96. The second kappa shape index (κ2) is 8.11. The van der Waals surface area contributed by atoms with Crippen LogP contribution in [0.1, 0.15) is 28.8 Å². The van der Waals surface area contributed by atoms with E-state index in [0.717, 1.165) is 64.9 Å². The summed E-state index contributed by atoms with van der Waals surface area (Å²) >= 11 is 0. The number of nitrogens with zero attached hydrogens (tertiary/aromatic N) is 5. The van der Waals surface area contributed by atoms with Crippen LogP contribution in [0.5, 0.6) is 0 Å². The quantitative estimate of drug-likeness (QED) is 0.434. The van der Waals surface area contributed by atoms with Crippen molar-refractivity contribution in [3.8, 4) is 11.1 Å². The van der Waals surface area contributed by atoms with Crippen LogP contribution in [0, 0.1) is 0 Å². The number of carbonyl (C=O) groups excluding carboxylic acids is 1. The number of benzene rings is 1. The first-order chi connectivity index (χ1) is 16.6. The Labute approximate surface area is 196 Å². The zero-order valence-electron chi connectivity index (χ0n) is 18.8. The van der Waals surface area contributed by atoms with E-state index in [1.165, 1.54) is 0 Å². The van der Waals surface area contributed by atoms with Gasteiger partial charge in [0, 0.05) is 43.8 Å². The van der Waals surface area contributed by atoms with Gasteiger partial charge in [0.1, 0.15) is 5.82 Å². The lowest BCUT2D eigenvalue weighted by molar-refractivity contribution is 0.0966. The average molecular weight is 456 g/mol. The summed E-state index contributed by atoms with van der Waals surface area (Å²) in [5.41, 5.74) is 6.40. The molecule has 3 aromatic heterocycles. The number of anilines is 3. The molecule has 34 heavy (non-hydrogen) atoms. The second-order valence-corrected chi connectivity index (χ2v) is 8.88. The number of piperidine rings is 1. The van der Waals surface area contributed by atoms with Gasteiger partial charge in [-0.25, -0.2) is 4.98 Å². The SMILES string of the molecule is Cn1cc(-c2ccc(Nc3ccc(N4CCC(O)CC4)cn3)c3c2CNC3=O)c2cnncc21. The first-order valence-electron chi connectivity index (χ1n) is 11.4. The number of aromatic nitrogens is 4. The molecule has 3 N–H and O–H groups in total. The Morgan fingerprint density at radius 2 is 1.88 bits per heavy atom. The first kappa shape index (κ1) is 20.6. The summed E-state index contributed by atoms with van der Waals surface area (Å²) in [6, 6.07) is 7.94. The molecule has 0 spiro atoms. The van der Waals surface area contributed by atoms with Crippen molar-refractivity contribution < 1.29 is 9.90 Å². The number of rotatable bonds is 4. The molecule has 1 saturated heterocycles. The maximum atomic E-state index is 12.8. The van der Waals surface area contributed by atoms with Crippen LogP contribution in [-0.4, -0.2) is 50.0 Å². The van der Waals surface area contributed by atoms with Gasteiger partial charge >= 0.3 is 0 Å². The molecule has 4 aromatic rings. The molecule has 6 rings (SSSR count). The van der Waals surface area contributed by atoms with Crippen molar-refractivity contribution in [1.82, 2.24) is 25.1 Å². The number of nitrogens with one attached hydrogen (secondary N) is 2. The summed E-state index contributed by atoms with van der Waals surface area (Å²) in [5.74, 6) is 0.582. The lowest BCUT2D eigenvalue weighted by Gasteiger charge is -2.31. The molecule has 1 fully saturated rings. The van der Waals surface area contributed by atoms with E-state index in [2.05, 4.69) is 36.9 Å². The van der Waals surface area contributed by atoms with Gasteiger partial charge in [-0.3, -0.25) is 4.79 Å². The van der Waals surface area contributed by atoms with Gasteiger partial charge in [0.2, 0.25) is 0 Å². The molecule has 9 nitrogen and oxygen atoms in total. The molecule has 2 aliphatic heterocycles. The maximum absolute atomic E-state index is 12.8. The predicted octanol–water partition coefficient (Wildman–Crippen LogP) is 2.98. The Morgan fingerprint density at radius 1 is 1.06 bits per heavy atom. The Morgan fingerprint density at radius 3 is 2.68 bits per heavy atom. The number of carbonyl (C=O) groups is 1. The second-order valence-electron chi connectivity index (χ2n) is 8.88. The molecule has 0 atom stereocenters. The minimum Gasteiger partial charge on any atom is -0.393 e. The number of fused-ring (bicyclic) bond motifs is 2. The summed E-state index contributed by atoms with van der Waals surface area (Å²) in [6.07, 6.45) is 8.75. The standard InChI is InChI=1S/C25H25N7O2/c1-31-14-20(18-12-28-29-13-22(18)31)17-3-4-21(24-19(17)11-27-25(24)34)30-23-5-2-15(10-26-23)32-8-6-16(33)7-9-32/h2-5,10,12-14,16,33H,6-9,11H2,1H3,(H,26,30)(H,27,34). The first-order valence-corrected chi connectivity index (χ1v) is 11.4. The van der Waals surface area contributed by atoms with Gasteiger partial charge in [0.25, 0.3) is 5.91 Å². The van der Waals surface area contributed by atoms with Crippen LogP contribution in [0.25, 0.3) is 22.0 Å². The van der Waals surface area contributed by atoms with E-state index in [1.54, 1.807) is 12.4 Å². The van der Waals surface area contributed by atoms with Crippen LogP contribution >= 0.6 is 0 Å². The van der Waals surface area contributed by atoms with Crippen LogP contribution in [-0.2, 0) is 13.6 Å². The number of hydrogen-bond donors (Lipinski definition) is 3. The highest BCUT2D eigenvalue weighted by Crippen LogP contribution is 2.38. The van der Waals surface area contributed by atoms with Crippen molar-refractivity contribution in [3.05, 3.63) is 60.2 Å². The van der Waals surface area contributed by atoms with Gasteiger partial charge in [0.05, 0.1) is 47.1 Å². The lowest BCUT2D eigenvalue weighted by atomic mass is 9.95. The average Bonchev–Trinajstić information content (AvgIpc) is 3.41. The number of amides is 1. The van der Waals surface area contributed by atoms with E-state index in [9.17, 15) is 9.90 Å². The largest absolute Gasteiger partial charge is 0.393 e. The molecule has 1 amide bonds. The van der Waals surface area contributed by atoms with Crippen LogP contribution < -0.4 is 15.5 Å². The molecule has 0 aliphatic carbocycles. The highest BCUT2D eigenvalue weighted by Gasteiger charge is 2.27. The van der Waals surface area contributed by atoms with Crippen molar-refractivity contribution in [2.24, 2.45) is 7.05 Å². The smallest absolute Gasteiger partial charge is 0.254 e. The third-order valence-electron chi connectivity index (χ3n) is 6.80. The summed E-state index contributed by atoms with van der Waals surface area (Å²) in [6.45, 7) is 2.12. The molecule has 0 bridgehead atoms. The van der Waals surface area contributed by atoms with Crippen molar-refractivity contribution >= 4 is 34.0 Å². The van der Waals surface area contributed by atoms with Crippen molar-refractivity contribution in [3.63, 3.8) is 0 Å². The third-order valence-corrected chi connectivity index (χ3v) is 6.80. The number of pyridine rings is 1. The lowest BCUT2D eigenvalue weighted by Crippen LogP contribution is -2.35. The maximum Gasteiger partial charge on any atom is 0.254 e. The van der Waals surface area contributed by atoms with Crippen LogP contribution in [0.15, 0.2) is 49.1 Å². The monoisotopic (exact) mass is 455 g/mol. The van der Waals surface area contributed by atoms with E-state index >= 15 is 0 Å². The molecule has 2 aliphatic rings. The van der Waals surface area contributed by atoms with Gasteiger partial charge in [0.15, 0.2) is 0 Å². The van der Waals surface area contributed by atoms with E-state index < -0.39 is 0 Å². The summed E-state index contributed by atoms with van der Waals surface area (Å²) in [7, 11) is 1.98. The summed E-state index contributed by atoms with van der Waals surface area (Å²) in [5, 5.41) is 25.1. The Balaban J connectivity index is 1.32. The van der Waals surface area contributed by atoms with Crippen LogP contribution in [0.3, 0.4) is 0 Å².